The van der Waals surface area contributed by atoms with Gasteiger partial charge < -0.3 is 10.0 Å². The third kappa shape index (κ3) is 4.10. The third-order valence-corrected chi connectivity index (χ3v) is 3.64. The van der Waals surface area contributed by atoms with Crippen LogP contribution in [0.1, 0.15) is 32.3 Å². The molecule has 1 aromatic heterocycles. The van der Waals surface area contributed by atoms with E-state index >= 15 is 0 Å². The minimum Gasteiger partial charge on any atom is -0.396 e. The molecule has 0 aliphatic carbocycles. The molecule has 3 heteroatoms. The molecule has 0 bridgehead atoms. The van der Waals surface area contributed by atoms with E-state index in [9.17, 15) is 5.11 Å². The monoisotopic (exact) mass is 236 g/mol. The molecule has 0 saturated carbocycles. The van der Waals surface area contributed by atoms with Crippen molar-refractivity contribution in [2.45, 2.75) is 33.2 Å². The molecule has 0 radical (unpaired) electrons. The van der Waals surface area contributed by atoms with Crippen LogP contribution in [-0.2, 0) is 6.54 Å². The largest absolute Gasteiger partial charge is 0.396 e. The van der Waals surface area contributed by atoms with Crippen molar-refractivity contribution in [3.63, 3.8) is 0 Å². The van der Waals surface area contributed by atoms with E-state index in [-0.39, 0.29) is 12.0 Å². The minimum atomic E-state index is 0.0434. The second-order valence-corrected chi connectivity index (χ2v) is 4.89. The molecule has 1 N–H and O–H groups in total. The number of hydrogen-bond acceptors (Lipinski definition) is 3. The van der Waals surface area contributed by atoms with Crippen molar-refractivity contribution < 1.29 is 5.11 Å². The van der Waals surface area contributed by atoms with E-state index in [2.05, 4.69) is 30.8 Å². The Morgan fingerprint density at radius 1 is 1.24 bits per heavy atom. The van der Waals surface area contributed by atoms with Gasteiger partial charge in [-0.3, -0.25) is 4.98 Å². The van der Waals surface area contributed by atoms with Gasteiger partial charge in [-0.05, 0) is 37.6 Å². The SMILES string of the molecule is CCC(CC)(CO)CN(C)Cc1ccncc1. The Morgan fingerprint density at radius 2 is 1.82 bits per heavy atom. The lowest BCUT2D eigenvalue weighted by atomic mass is 9.83. The highest BCUT2D eigenvalue weighted by atomic mass is 16.3. The quantitative estimate of drug-likeness (QED) is 0.789. The maximum absolute atomic E-state index is 9.55. The van der Waals surface area contributed by atoms with Gasteiger partial charge in [0.1, 0.15) is 0 Å². The third-order valence-electron chi connectivity index (χ3n) is 3.64. The van der Waals surface area contributed by atoms with Gasteiger partial charge in [0.2, 0.25) is 0 Å². The van der Waals surface area contributed by atoms with Crippen LogP contribution in [0.25, 0.3) is 0 Å². The van der Waals surface area contributed by atoms with Crippen molar-refractivity contribution in [1.29, 1.82) is 0 Å². The van der Waals surface area contributed by atoms with Crippen molar-refractivity contribution in [2.75, 3.05) is 20.2 Å². The lowest BCUT2D eigenvalue weighted by Gasteiger charge is -2.34. The fourth-order valence-corrected chi connectivity index (χ4v) is 2.18. The molecule has 96 valence electrons. The first-order valence-corrected chi connectivity index (χ1v) is 6.34. The zero-order valence-electron chi connectivity index (χ0n) is 11.2. The minimum absolute atomic E-state index is 0.0434. The number of pyridine rings is 1. The molecular weight excluding hydrogens is 212 g/mol. The van der Waals surface area contributed by atoms with Gasteiger partial charge >= 0.3 is 0 Å². The Balaban J connectivity index is 2.56. The van der Waals surface area contributed by atoms with Crippen LogP contribution < -0.4 is 0 Å². The predicted molar refractivity (Wildman–Crippen MR) is 70.7 cm³/mol. The molecule has 1 rings (SSSR count). The fourth-order valence-electron chi connectivity index (χ4n) is 2.18. The lowest BCUT2D eigenvalue weighted by Crippen LogP contribution is -2.37. The molecule has 0 unspecified atom stereocenters. The molecule has 0 spiro atoms. The Hall–Kier alpha value is -0.930. The maximum atomic E-state index is 9.55. The molecule has 0 saturated heterocycles. The first-order chi connectivity index (χ1) is 8.15. The summed E-state index contributed by atoms with van der Waals surface area (Å²) < 4.78 is 0. The van der Waals surface area contributed by atoms with Crippen LogP contribution in [0.2, 0.25) is 0 Å². The first-order valence-electron chi connectivity index (χ1n) is 6.34. The van der Waals surface area contributed by atoms with Gasteiger partial charge in [-0.25, -0.2) is 0 Å². The second-order valence-electron chi connectivity index (χ2n) is 4.89. The van der Waals surface area contributed by atoms with Crippen molar-refractivity contribution in [3.05, 3.63) is 30.1 Å². The van der Waals surface area contributed by atoms with E-state index < -0.39 is 0 Å². The van der Waals surface area contributed by atoms with Crippen LogP contribution in [0, 0.1) is 5.41 Å². The second kappa shape index (κ2) is 6.72. The summed E-state index contributed by atoms with van der Waals surface area (Å²) in [5.74, 6) is 0. The highest BCUT2D eigenvalue weighted by Gasteiger charge is 2.26. The smallest absolute Gasteiger partial charge is 0.0499 e. The van der Waals surface area contributed by atoms with Gasteiger partial charge in [-0.1, -0.05) is 13.8 Å². The Bertz CT molecular complexity index is 301. The number of aliphatic hydroxyl groups is 1. The van der Waals surface area contributed by atoms with Crippen LogP contribution >= 0.6 is 0 Å². The van der Waals surface area contributed by atoms with Crippen LogP contribution in [0.4, 0.5) is 0 Å². The molecule has 0 aliphatic rings. The fraction of sp³-hybridized carbons (Fsp3) is 0.643. The van der Waals surface area contributed by atoms with Crippen molar-refractivity contribution in [1.82, 2.24) is 9.88 Å². The van der Waals surface area contributed by atoms with E-state index in [1.165, 1.54) is 5.56 Å². The standard InChI is InChI=1S/C14H24N2O/c1-4-14(5-2,12-17)11-16(3)10-13-6-8-15-9-7-13/h6-9,17H,4-5,10-12H2,1-3H3. The maximum Gasteiger partial charge on any atom is 0.0499 e. The number of aromatic nitrogens is 1. The summed E-state index contributed by atoms with van der Waals surface area (Å²) >= 11 is 0. The zero-order chi connectivity index (χ0) is 12.7. The van der Waals surface area contributed by atoms with Crippen LogP contribution in [0.15, 0.2) is 24.5 Å². The molecule has 0 aromatic carbocycles. The normalized spacial score (nSPS) is 12.1. The summed E-state index contributed by atoms with van der Waals surface area (Å²) in [7, 11) is 2.11. The summed E-state index contributed by atoms with van der Waals surface area (Å²) in [6, 6.07) is 4.07. The number of rotatable bonds is 7. The van der Waals surface area contributed by atoms with Gasteiger partial charge in [0.15, 0.2) is 0 Å². The van der Waals surface area contributed by atoms with E-state index in [0.717, 1.165) is 25.9 Å². The summed E-state index contributed by atoms with van der Waals surface area (Å²) in [5, 5.41) is 9.55. The van der Waals surface area contributed by atoms with Crippen molar-refractivity contribution in [2.24, 2.45) is 5.41 Å². The van der Waals surface area contributed by atoms with E-state index in [1.54, 1.807) is 0 Å². The zero-order valence-corrected chi connectivity index (χ0v) is 11.2. The molecule has 17 heavy (non-hydrogen) atoms. The van der Waals surface area contributed by atoms with Gasteiger partial charge in [0, 0.05) is 37.5 Å². The number of hydrogen-bond donors (Lipinski definition) is 1. The van der Waals surface area contributed by atoms with Gasteiger partial charge in [-0.15, -0.1) is 0 Å². The van der Waals surface area contributed by atoms with Crippen LogP contribution in [-0.4, -0.2) is 35.2 Å². The topological polar surface area (TPSA) is 36.4 Å². The average Bonchev–Trinajstić information content (AvgIpc) is 2.37. The first kappa shape index (κ1) is 14.1. The van der Waals surface area contributed by atoms with Gasteiger partial charge in [0.05, 0.1) is 0 Å². The van der Waals surface area contributed by atoms with Gasteiger partial charge in [0.25, 0.3) is 0 Å². The van der Waals surface area contributed by atoms with Crippen molar-refractivity contribution in [3.8, 4) is 0 Å². The summed E-state index contributed by atoms with van der Waals surface area (Å²) in [4.78, 5) is 6.29. The van der Waals surface area contributed by atoms with Gasteiger partial charge in [-0.2, -0.15) is 0 Å². The van der Waals surface area contributed by atoms with Crippen LogP contribution in [0.3, 0.4) is 0 Å². The molecule has 0 atom stereocenters. The molecule has 0 aliphatic heterocycles. The molecule has 0 fully saturated rings. The molecule has 1 aromatic rings. The Labute approximate surface area is 104 Å². The van der Waals surface area contributed by atoms with E-state index in [0.29, 0.717) is 0 Å². The van der Waals surface area contributed by atoms with E-state index in [1.807, 2.05) is 24.5 Å². The Kier molecular flexibility index (Phi) is 5.59. The van der Waals surface area contributed by atoms with Crippen molar-refractivity contribution >= 4 is 0 Å². The summed E-state index contributed by atoms with van der Waals surface area (Å²) in [5.41, 5.74) is 1.31. The predicted octanol–water partition coefficient (Wildman–Crippen LogP) is 2.31. The number of nitrogens with zero attached hydrogens (tertiary/aromatic N) is 2. The van der Waals surface area contributed by atoms with E-state index in [4.69, 9.17) is 0 Å². The Morgan fingerprint density at radius 3 is 2.29 bits per heavy atom. The lowest BCUT2D eigenvalue weighted by molar-refractivity contribution is 0.0731. The summed E-state index contributed by atoms with van der Waals surface area (Å²) in [6.07, 6.45) is 5.67. The average molecular weight is 236 g/mol. The number of aliphatic hydroxyl groups excluding tert-OH is 1. The molecular formula is C14H24N2O. The highest BCUT2D eigenvalue weighted by molar-refractivity contribution is 5.09. The molecule has 1 heterocycles. The molecule has 0 amide bonds. The highest BCUT2D eigenvalue weighted by Crippen LogP contribution is 2.26. The molecule has 3 nitrogen and oxygen atoms in total. The van der Waals surface area contributed by atoms with Crippen LogP contribution in [0.5, 0.6) is 0 Å². The summed E-state index contributed by atoms with van der Waals surface area (Å²) in [6.45, 7) is 6.41.